The van der Waals surface area contributed by atoms with Gasteiger partial charge in [-0.3, -0.25) is 4.90 Å². The van der Waals surface area contributed by atoms with Gasteiger partial charge in [-0.2, -0.15) is 0 Å². The Hall–Kier alpha value is -1.39. The van der Waals surface area contributed by atoms with Crippen LogP contribution in [-0.2, 0) is 0 Å². The molecule has 2 N–H and O–H groups in total. The second-order valence-corrected chi connectivity index (χ2v) is 4.95. The van der Waals surface area contributed by atoms with Gasteiger partial charge in [0.15, 0.2) is 0 Å². The summed E-state index contributed by atoms with van der Waals surface area (Å²) >= 11 is 0. The van der Waals surface area contributed by atoms with E-state index in [1.165, 1.54) is 6.07 Å². The summed E-state index contributed by atoms with van der Waals surface area (Å²) in [5, 5.41) is 13.5. The average molecular weight is 264 g/mol. The fourth-order valence-corrected chi connectivity index (χ4v) is 2.61. The highest BCUT2D eigenvalue weighted by Crippen LogP contribution is 2.35. The zero-order chi connectivity index (χ0) is 13.8. The molecule has 19 heavy (non-hydrogen) atoms. The number of aryl methyl sites for hydroxylation is 1. The van der Waals surface area contributed by atoms with Gasteiger partial charge in [-0.05, 0) is 25.0 Å². The number of hydrogen-bond acceptors (Lipinski definition) is 3. The van der Waals surface area contributed by atoms with Crippen LogP contribution in [0.2, 0.25) is 0 Å². The maximum Gasteiger partial charge on any atom is 0.131 e. The third-order valence-electron chi connectivity index (χ3n) is 3.68. The standard InChI is InChI=1S/C15H21FN2O/c1-3-4-13(18-9-7-17-8-10-18)14-12(16)6-5-11(2)15(14)19/h3,5-6,13,17,19H,1,4,7-10H2,2H3/t13-/m1/s1. The van der Waals surface area contributed by atoms with Crippen molar-refractivity contribution in [1.82, 2.24) is 10.2 Å². The highest BCUT2D eigenvalue weighted by molar-refractivity contribution is 5.42. The summed E-state index contributed by atoms with van der Waals surface area (Å²) in [5.74, 6) is -0.265. The van der Waals surface area contributed by atoms with Crippen molar-refractivity contribution in [3.63, 3.8) is 0 Å². The molecule has 1 atom stereocenters. The number of rotatable bonds is 4. The van der Waals surface area contributed by atoms with Crippen molar-refractivity contribution in [2.24, 2.45) is 0 Å². The Bertz CT molecular complexity index is 456. The van der Waals surface area contributed by atoms with Crippen molar-refractivity contribution in [2.75, 3.05) is 26.2 Å². The first kappa shape index (κ1) is 14.0. The molecule has 0 spiro atoms. The lowest BCUT2D eigenvalue weighted by Crippen LogP contribution is -2.45. The number of nitrogens with one attached hydrogen (secondary N) is 1. The van der Waals surface area contributed by atoms with E-state index >= 15 is 0 Å². The van der Waals surface area contributed by atoms with Crippen LogP contribution in [0, 0.1) is 12.7 Å². The van der Waals surface area contributed by atoms with E-state index < -0.39 is 0 Å². The molecule has 1 saturated heterocycles. The largest absolute Gasteiger partial charge is 0.507 e. The van der Waals surface area contributed by atoms with Crippen molar-refractivity contribution >= 4 is 0 Å². The third-order valence-corrected chi connectivity index (χ3v) is 3.68. The molecule has 1 aliphatic heterocycles. The van der Waals surface area contributed by atoms with E-state index in [2.05, 4.69) is 16.8 Å². The summed E-state index contributed by atoms with van der Waals surface area (Å²) in [5.41, 5.74) is 1.11. The van der Waals surface area contributed by atoms with Gasteiger partial charge in [0.1, 0.15) is 11.6 Å². The minimum absolute atomic E-state index is 0.0744. The van der Waals surface area contributed by atoms with Crippen LogP contribution in [0.5, 0.6) is 5.75 Å². The first-order valence-corrected chi connectivity index (χ1v) is 6.68. The molecule has 2 rings (SSSR count). The molecule has 0 aliphatic carbocycles. The summed E-state index contributed by atoms with van der Waals surface area (Å²) < 4.78 is 14.1. The van der Waals surface area contributed by atoms with Crippen LogP contribution in [0.4, 0.5) is 4.39 Å². The molecule has 0 radical (unpaired) electrons. The maximum absolute atomic E-state index is 14.1. The Morgan fingerprint density at radius 2 is 2.16 bits per heavy atom. The molecule has 3 nitrogen and oxygen atoms in total. The van der Waals surface area contributed by atoms with Gasteiger partial charge in [0, 0.05) is 37.8 Å². The Balaban J connectivity index is 2.37. The topological polar surface area (TPSA) is 35.5 Å². The van der Waals surface area contributed by atoms with Crippen molar-refractivity contribution in [2.45, 2.75) is 19.4 Å². The van der Waals surface area contributed by atoms with Crippen LogP contribution < -0.4 is 5.32 Å². The fourth-order valence-electron chi connectivity index (χ4n) is 2.61. The van der Waals surface area contributed by atoms with Gasteiger partial charge in [-0.25, -0.2) is 4.39 Å². The van der Waals surface area contributed by atoms with Crippen LogP contribution in [0.25, 0.3) is 0 Å². The van der Waals surface area contributed by atoms with Crippen LogP contribution in [0.3, 0.4) is 0 Å². The molecular weight excluding hydrogens is 243 g/mol. The number of halogens is 1. The molecule has 1 aromatic carbocycles. The average Bonchev–Trinajstić information content (AvgIpc) is 2.43. The fraction of sp³-hybridized carbons (Fsp3) is 0.467. The molecule has 4 heteroatoms. The number of phenols is 1. The van der Waals surface area contributed by atoms with Crippen LogP contribution in [0.1, 0.15) is 23.6 Å². The second-order valence-electron chi connectivity index (χ2n) is 4.95. The van der Waals surface area contributed by atoms with Gasteiger partial charge in [0.05, 0.1) is 0 Å². The Kier molecular flexibility index (Phi) is 4.56. The zero-order valence-corrected chi connectivity index (χ0v) is 11.3. The summed E-state index contributed by atoms with van der Waals surface area (Å²) in [4.78, 5) is 2.20. The van der Waals surface area contributed by atoms with E-state index in [4.69, 9.17) is 0 Å². The van der Waals surface area contributed by atoms with Gasteiger partial charge >= 0.3 is 0 Å². The van der Waals surface area contributed by atoms with Crippen LogP contribution >= 0.6 is 0 Å². The molecule has 104 valence electrons. The lowest BCUT2D eigenvalue weighted by Gasteiger charge is -2.35. The number of benzene rings is 1. The number of nitrogens with zero attached hydrogens (tertiary/aromatic N) is 1. The van der Waals surface area contributed by atoms with E-state index in [0.29, 0.717) is 17.5 Å². The predicted octanol–water partition coefficient (Wildman–Crippen LogP) is 2.36. The van der Waals surface area contributed by atoms with E-state index in [1.807, 2.05) is 0 Å². The first-order valence-electron chi connectivity index (χ1n) is 6.68. The minimum atomic E-state index is -0.339. The van der Waals surface area contributed by atoms with Gasteiger partial charge in [0.2, 0.25) is 0 Å². The lowest BCUT2D eigenvalue weighted by molar-refractivity contribution is 0.168. The molecule has 1 heterocycles. The van der Waals surface area contributed by atoms with Crippen LogP contribution in [0.15, 0.2) is 24.8 Å². The lowest BCUT2D eigenvalue weighted by atomic mass is 9.97. The van der Waals surface area contributed by atoms with Crippen molar-refractivity contribution in [3.8, 4) is 5.75 Å². The van der Waals surface area contributed by atoms with E-state index in [1.54, 1.807) is 19.1 Å². The summed E-state index contributed by atoms with van der Waals surface area (Å²) in [7, 11) is 0. The number of aromatic hydroxyl groups is 1. The number of piperazine rings is 1. The van der Waals surface area contributed by atoms with Crippen molar-refractivity contribution < 1.29 is 9.50 Å². The molecule has 0 saturated carbocycles. The van der Waals surface area contributed by atoms with Gasteiger partial charge < -0.3 is 10.4 Å². The van der Waals surface area contributed by atoms with Crippen LogP contribution in [-0.4, -0.2) is 36.2 Å². The van der Waals surface area contributed by atoms with E-state index in [0.717, 1.165) is 26.2 Å². The Labute approximate surface area is 113 Å². The van der Waals surface area contributed by atoms with E-state index in [9.17, 15) is 9.50 Å². The Morgan fingerprint density at radius 1 is 1.47 bits per heavy atom. The second kappa shape index (κ2) is 6.17. The highest BCUT2D eigenvalue weighted by Gasteiger charge is 2.26. The smallest absolute Gasteiger partial charge is 0.131 e. The molecule has 1 fully saturated rings. The minimum Gasteiger partial charge on any atom is -0.507 e. The quantitative estimate of drug-likeness (QED) is 0.820. The predicted molar refractivity (Wildman–Crippen MR) is 74.8 cm³/mol. The van der Waals surface area contributed by atoms with Crippen molar-refractivity contribution in [1.29, 1.82) is 0 Å². The normalized spacial score (nSPS) is 18.2. The molecular formula is C15H21FN2O. The third kappa shape index (κ3) is 2.96. The highest BCUT2D eigenvalue weighted by atomic mass is 19.1. The number of phenolic OH excluding ortho intramolecular Hbond substituents is 1. The molecule has 0 unspecified atom stereocenters. The molecule has 0 amide bonds. The monoisotopic (exact) mass is 264 g/mol. The molecule has 0 aromatic heterocycles. The summed E-state index contributed by atoms with van der Waals surface area (Å²) in [6.45, 7) is 9.04. The van der Waals surface area contributed by atoms with Gasteiger partial charge in [-0.15, -0.1) is 6.58 Å². The van der Waals surface area contributed by atoms with Gasteiger partial charge in [0.25, 0.3) is 0 Å². The molecule has 1 aliphatic rings. The summed E-state index contributed by atoms with van der Waals surface area (Å²) in [6.07, 6.45) is 2.42. The molecule has 0 bridgehead atoms. The zero-order valence-electron chi connectivity index (χ0n) is 11.3. The molecule has 1 aromatic rings. The number of hydrogen-bond donors (Lipinski definition) is 2. The first-order chi connectivity index (χ1) is 9.15. The van der Waals surface area contributed by atoms with E-state index in [-0.39, 0.29) is 17.6 Å². The van der Waals surface area contributed by atoms with Gasteiger partial charge in [-0.1, -0.05) is 12.1 Å². The Morgan fingerprint density at radius 3 is 2.79 bits per heavy atom. The van der Waals surface area contributed by atoms with Crippen molar-refractivity contribution in [3.05, 3.63) is 41.7 Å². The summed E-state index contributed by atoms with van der Waals surface area (Å²) in [6, 6.07) is 2.90. The SMILES string of the molecule is C=CC[C@H](c1c(F)ccc(C)c1O)N1CCNCC1. The maximum atomic E-state index is 14.1.